The molecule has 1 atom stereocenters. The molecule has 2 rings (SSSR count). The third kappa shape index (κ3) is 2.92. The monoisotopic (exact) mass is 293 g/mol. The molecule has 0 saturated carbocycles. The Hall–Kier alpha value is -1.08. The van der Waals surface area contributed by atoms with Gasteiger partial charge in [0.2, 0.25) is 0 Å². The normalized spacial score (nSPS) is 13.2. The van der Waals surface area contributed by atoms with Crippen LogP contribution in [0.4, 0.5) is 0 Å². The molecule has 1 unspecified atom stereocenters. The van der Waals surface area contributed by atoms with Gasteiger partial charge in [0.1, 0.15) is 5.24 Å². The maximum absolute atomic E-state index is 13.5. The lowest BCUT2D eigenvalue weighted by Crippen LogP contribution is -2.32. The van der Waals surface area contributed by atoms with Crippen LogP contribution < -0.4 is 15.9 Å². The first-order chi connectivity index (χ1) is 9.19. The van der Waals surface area contributed by atoms with E-state index >= 15 is 0 Å². The van der Waals surface area contributed by atoms with E-state index in [1.54, 1.807) is 0 Å². The Balaban J connectivity index is 2.54. The molecule has 0 aliphatic carbocycles. The van der Waals surface area contributed by atoms with Crippen molar-refractivity contribution in [3.05, 3.63) is 60.7 Å². The largest absolute Gasteiger partial charge is 0.311 e. The standard InChI is InChI=1S/C15H17ClNOP/c1-2-17-15(16)19(18,13-9-5-3-6-10-13)14-11-7-4-8-12-14/h3-12,15,17H,2H2,1H3. The third-order valence-corrected chi connectivity index (χ3v) is 6.90. The van der Waals surface area contributed by atoms with Crippen LogP contribution in [0.15, 0.2) is 60.7 Å². The summed E-state index contributed by atoms with van der Waals surface area (Å²) in [5.41, 5.74) is 0. The minimum absolute atomic E-state index is 0.595. The van der Waals surface area contributed by atoms with Crippen LogP contribution in [0, 0.1) is 0 Å². The molecule has 0 aliphatic rings. The second kappa shape index (κ2) is 6.38. The van der Waals surface area contributed by atoms with Crippen LogP contribution in [0.25, 0.3) is 0 Å². The highest BCUT2D eigenvalue weighted by Crippen LogP contribution is 2.49. The average molecular weight is 294 g/mol. The zero-order valence-corrected chi connectivity index (χ0v) is 12.4. The Morgan fingerprint density at radius 1 is 1.00 bits per heavy atom. The molecule has 1 N–H and O–H groups in total. The van der Waals surface area contributed by atoms with Crippen LogP contribution in [0.5, 0.6) is 0 Å². The van der Waals surface area contributed by atoms with Crippen molar-refractivity contribution in [2.75, 3.05) is 6.54 Å². The van der Waals surface area contributed by atoms with Gasteiger partial charge in [-0.3, -0.25) is 5.32 Å². The van der Waals surface area contributed by atoms with Crippen molar-refractivity contribution in [1.29, 1.82) is 0 Å². The minimum atomic E-state index is -2.88. The Morgan fingerprint density at radius 3 is 1.79 bits per heavy atom. The number of hydrogen-bond acceptors (Lipinski definition) is 2. The van der Waals surface area contributed by atoms with E-state index in [9.17, 15) is 4.57 Å². The number of rotatable bonds is 5. The van der Waals surface area contributed by atoms with E-state index in [1.165, 1.54) is 0 Å². The van der Waals surface area contributed by atoms with Crippen molar-refractivity contribution in [1.82, 2.24) is 5.32 Å². The van der Waals surface area contributed by atoms with Crippen LogP contribution >= 0.6 is 18.7 Å². The molecule has 0 saturated heterocycles. The van der Waals surface area contributed by atoms with Crippen LogP contribution in [0.1, 0.15) is 6.92 Å². The smallest absolute Gasteiger partial charge is 0.173 e. The summed E-state index contributed by atoms with van der Waals surface area (Å²) in [6.45, 7) is 2.63. The van der Waals surface area contributed by atoms with E-state index < -0.39 is 12.4 Å². The molecule has 4 heteroatoms. The summed E-state index contributed by atoms with van der Waals surface area (Å²) in [7, 11) is -2.88. The lowest BCUT2D eigenvalue weighted by Gasteiger charge is -2.24. The van der Waals surface area contributed by atoms with Crippen LogP contribution in [0.3, 0.4) is 0 Å². The van der Waals surface area contributed by atoms with Gasteiger partial charge >= 0.3 is 0 Å². The summed E-state index contributed by atoms with van der Waals surface area (Å²) in [5.74, 6) is 0. The molecule has 0 amide bonds. The maximum atomic E-state index is 13.5. The van der Waals surface area contributed by atoms with Crippen molar-refractivity contribution >= 4 is 29.4 Å². The van der Waals surface area contributed by atoms with E-state index in [4.69, 9.17) is 11.6 Å². The zero-order valence-electron chi connectivity index (χ0n) is 10.8. The zero-order chi connectivity index (χ0) is 13.7. The van der Waals surface area contributed by atoms with Gasteiger partial charge in [0.15, 0.2) is 7.14 Å². The Labute approximate surface area is 119 Å². The van der Waals surface area contributed by atoms with Crippen molar-refractivity contribution in [2.45, 2.75) is 12.2 Å². The molecule has 2 aromatic rings. The Kier molecular flexibility index (Phi) is 4.81. The highest BCUT2D eigenvalue weighted by molar-refractivity contribution is 7.80. The first-order valence-electron chi connectivity index (χ1n) is 6.28. The molecule has 0 heterocycles. The molecule has 0 fully saturated rings. The molecular weight excluding hydrogens is 277 g/mol. The van der Waals surface area contributed by atoms with Crippen LogP contribution in [-0.4, -0.2) is 11.8 Å². The van der Waals surface area contributed by atoms with Gasteiger partial charge < -0.3 is 4.57 Å². The second-order valence-electron chi connectivity index (χ2n) is 4.22. The number of halogens is 1. The average Bonchev–Trinajstić information content (AvgIpc) is 2.48. The fraction of sp³-hybridized carbons (Fsp3) is 0.200. The van der Waals surface area contributed by atoms with Gasteiger partial charge in [-0.1, -0.05) is 79.2 Å². The van der Waals surface area contributed by atoms with Crippen LogP contribution in [0.2, 0.25) is 0 Å². The molecule has 2 nitrogen and oxygen atoms in total. The lowest BCUT2D eigenvalue weighted by atomic mass is 10.4. The van der Waals surface area contributed by atoms with Gasteiger partial charge in [0.05, 0.1) is 0 Å². The van der Waals surface area contributed by atoms with Gasteiger partial charge in [-0.05, 0) is 6.54 Å². The third-order valence-electron chi connectivity index (χ3n) is 2.97. The molecular formula is C15H17ClNOP. The summed E-state index contributed by atoms with van der Waals surface area (Å²) in [5, 5.41) is 4.05. The second-order valence-corrected chi connectivity index (χ2v) is 7.83. The van der Waals surface area contributed by atoms with Crippen molar-refractivity contribution < 1.29 is 4.57 Å². The van der Waals surface area contributed by atoms with E-state index in [0.717, 1.165) is 10.6 Å². The molecule has 0 aliphatic heterocycles. The quantitative estimate of drug-likeness (QED) is 0.521. The van der Waals surface area contributed by atoms with Crippen LogP contribution in [-0.2, 0) is 4.57 Å². The van der Waals surface area contributed by atoms with E-state index in [-0.39, 0.29) is 0 Å². The Morgan fingerprint density at radius 2 is 1.42 bits per heavy atom. The van der Waals surface area contributed by atoms with Crippen molar-refractivity contribution in [3.63, 3.8) is 0 Å². The van der Waals surface area contributed by atoms with Gasteiger partial charge in [-0.2, -0.15) is 0 Å². The number of benzene rings is 2. The van der Waals surface area contributed by atoms with E-state index in [2.05, 4.69) is 5.32 Å². The molecule has 0 spiro atoms. The SMILES string of the molecule is CCNC(Cl)P(=O)(c1ccccc1)c1ccccc1. The number of alkyl halides is 1. The van der Waals surface area contributed by atoms with Crippen molar-refractivity contribution in [3.8, 4) is 0 Å². The summed E-state index contributed by atoms with van der Waals surface area (Å²) < 4.78 is 13.5. The van der Waals surface area contributed by atoms with E-state index in [0.29, 0.717) is 6.54 Å². The minimum Gasteiger partial charge on any atom is -0.311 e. The van der Waals surface area contributed by atoms with Gasteiger partial charge in [0, 0.05) is 10.6 Å². The predicted molar refractivity (Wildman–Crippen MR) is 83.1 cm³/mol. The topological polar surface area (TPSA) is 29.1 Å². The molecule has 0 aromatic heterocycles. The maximum Gasteiger partial charge on any atom is 0.173 e. The lowest BCUT2D eigenvalue weighted by molar-refractivity contribution is 0.578. The Bertz CT molecular complexity index is 515. The van der Waals surface area contributed by atoms with Gasteiger partial charge in [0.25, 0.3) is 0 Å². The van der Waals surface area contributed by atoms with E-state index in [1.807, 2.05) is 67.6 Å². The highest BCUT2D eigenvalue weighted by atomic mass is 35.5. The molecule has 2 aromatic carbocycles. The fourth-order valence-corrected chi connectivity index (χ4v) is 5.33. The summed E-state index contributed by atoms with van der Waals surface area (Å²) in [6.07, 6.45) is 0. The molecule has 0 bridgehead atoms. The first-order valence-corrected chi connectivity index (χ1v) is 8.49. The first kappa shape index (κ1) is 14.3. The summed E-state index contributed by atoms with van der Waals surface area (Å²) in [6, 6.07) is 18.9. The number of hydrogen-bond donors (Lipinski definition) is 1. The predicted octanol–water partition coefficient (Wildman–Crippen LogP) is 3.13. The summed E-state index contributed by atoms with van der Waals surface area (Å²) >= 11 is 6.38. The van der Waals surface area contributed by atoms with Gasteiger partial charge in [-0.25, -0.2) is 0 Å². The number of nitrogens with one attached hydrogen (secondary N) is 1. The van der Waals surface area contributed by atoms with Crippen molar-refractivity contribution in [2.24, 2.45) is 0 Å². The highest BCUT2D eigenvalue weighted by Gasteiger charge is 2.34. The fourth-order valence-electron chi connectivity index (χ4n) is 2.01. The summed E-state index contributed by atoms with van der Waals surface area (Å²) in [4.78, 5) is 0. The van der Waals surface area contributed by atoms with Gasteiger partial charge in [-0.15, -0.1) is 0 Å². The molecule has 19 heavy (non-hydrogen) atoms. The molecule has 100 valence electrons. The molecule has 0 radical (unpaired) electrons.